The normalized spacial score (nSPS) is 10.6. The summed E-state index contributed by atoms with van der Waals surface area (Å²) in [7, 11) is 1.63. The predicted octanol–water partition coefficient (Wildman–Crippen LogP) is 2.84. The molecule has 0 heterocycles. The van der Waals surface area contributed by atoms with Crippen molar-refractivity contribution in [3.05, 3.63) is 28.8 Å². The summed E-state index contributed by atoms with van der Waals surface area (Å²) in [4.78, 5) is 13.0. The second-order valence-electron chi connectivity index (χ2n) is 4.06. The first-order chi connectivity index (χ1) is 9.69. The molecular formula is C14H20ClNO3S. The van der Waals surface area contributed by atoms with E-state index in [-0.39, 0.29) is 5.91 Å². The quantitative estimate of drug-likeness (QED) is 0.562. The average Bonchev–Trinajstić information content (AvgIpc) is 2.46. The van der Waals surface area contributed by atoms with Crippen LogP contribution in [0.2, 0.25) is 5.02 Å². The zero-order valence-electron chi connectivity index (χ0n) is 11.8. The van der Waals surface area contributed by atoms with Gasteiger partial charge in [0.15, 0.2) is 0 Å². The Morgan fingerprint density at radius 1 is 1.35 bits per heavy atom. The number of amides is 1. The Hall–Kier alpha value is -0.750. The number of carbonyl (C=O) groups excluding carboxylic acids is 1. The molecule has 0 saturated carbocycles. The number of carbonyl (C=O) groups is 1. The number of nitrogens with one attached hydrogen (secondary N) is 1. The summed E-state index contributed by atoms with van der Waals surface area (Å²) < 4.78 is 10.2. The van der Waals surface area contributed by atoms with Crippen LogP contribution in [0.15, 0.2) is 23.1 Å². The minimum absolute atomic E-state index is 0.150. The highest BCUT2D eigenvalue weighted by atomic mass is 35.5. The number of ether oxygens (including phenoxy) is 2. The Labute approximate surface area is 129 Å². The van der Waals surface area contributed by atoms with E-state index >= 15 is 0 Å². The molecule has 1 N–H and O–H groups in total. The fraction of sp³-hybridized carbons (Fsp3) is 0.500. The van der Waals surface area contributed by atoms with Crippen LogP contribution in [0.5, 0.6) is 0 Å². The van der Waals surface area contributed by atoms with E-state index in [1.54, 1.807) is 31.0 Å². The highest BCUT2D eigenvalue weighted by Crippen LogP contribution is 2.22. The first-order valence-electron chi connectivity index (χ1n) is 6.37. The first-order valence-corrected chi connectivity index (χ1v) is 7.97. The Kier molecular flexibility index (Phi) is 8.69. The summed E-state index contributed by atoms with van der Waals surface area (Å²) in [6, 6.07) is 5.45. The topological polar surface area (TPSA) is 47.6 Å². The highest BCUT2D eigenvalue weighted by molar-refractivity contribution is 7.98. The smallest absolute Gasteiger partial charge is 0.252 e. The minimum Gasteiger partial charge on any atom is -0.382 e. The van der Waals surface area contributed by atoms with E-state index in [4.69, 9.17) is 21.1 Å². The van der Waals surface area contributed by atoms with Crippen LogP contribution in [0, 0.1) is 0 Å². The third-order valence-electron chi connectivity index (χ3n) is 2.60. The largest absolute Gasteiger partial charge is 0.382 e. The lowest BCUT2D eigenvalue weighted by Gasteiger charge is -2.08. The molecule has 0 aliphatic heterocycles. The molecule has 0 fully saturated rings. The Balaban J connectivity index is 2.32. The molecule has 0 spiro atoms. The Morgan fingerprint density at radius 2 is 2.15 bits per heavy atom. The van der Waals surface area contributed by atoms with Crippen molar-refractivity contribution in [2.24, 2.45) is 0 Å². The maximum absolute atomic E-state index is 12.0. The molecule has 1 amide bonds. The third kappa shape index (κ3) is 6.13. The maximum Gasteiger partial charge on any atom is 0.252 e. The van der Waals surface area contributed by atoms with Gasteiger partial charge in [0.1, 0.15) is 0 Å². The van der Waals surface area contributed by atoms with E-state index in [9.17, 15) is 4.79 Å². The van der Waals surface area contributed by atoms with Gasteiger partial charge in [0.25, 0.3) is 5.91 Å². The van der Waals surface area contributed by atoms with Crippen molar-refractivity contribution < 1.29 is 14.3 Å². The van der Waals surface area contributed by atoms with E-state index in [1.807, 2.05) is 12.3 Å². The van der Waals surface area contributed by atoms with E-state index in [2.05, 4.69) is 5.32 Å². The van der Waals surface area contributed by atoms with Gasteiger partial charge in [-0.3, -0.25) is 4.79 Å². The van der Waals surface area contributed by atoms with Crippen LogP contribution >= 0.6 is 23.4 Å². The van der Waals surface area contributed by atoms with Gasteiger partial charge in [-0.15, -0.1) is 11.8 Å². The molecule has 112 valence electrons. The summed E-state index contributed by atoms with van der Waals surface area (Å²) in [6.07, 6.45) is 2.72. The summed E-state index contributed by atoms with van der Waals surface area (Å²) in [6.45, 7) is 2.32. The third-order valence-corrected chi connectivity index (χ3v) is 3.66. The molecule has 0 aliphatic carbocycles. The maximum atomic E-state index is 12.0. The van der Waals surface area contributed by atoms with Gasteiger partial charge in [0.05, 0.1) is 23.8 Å². The molecule has 0 aromatic heterocycles. The minimum atomic E-state index is -0.150. The molecule has 1 aromatic carbocycles. The molecule has 6 heteroatoms. The van der Waals surface area contributed by atoms with E-state index in [0.717, 1.165) is 11.3 Å². The predicted molar refractivity (Wildman–Crippen MR) is 82.9 cm³/mol. The standard InChI is InChI=1S/C14H20ClNO3S/c1-18-8-9-19-7-3-6-16-14(17)12-10-11(20-2)4-5-13(12)15/h4-5,10H,3,6-9H2,1-2H3,(H,16,17). The summed E-state index contributed by atoms with van der Waals surface area (Å²) >= 11 is 7.61. The van der Waals surface area contributed by atoms with Crippen molar-refractivity contribution in [2.75, 3.05) is 39.7 Å². The van der Waals surface area contributed by atoms with E-state index in [0.29, 0.717) is 37.0 Å². The SMILES string of the molecule is COCCOCCCNC(=O)c1cc(SC)ccc1Cl. The van der Waals surface area contributed by atoms with Crippen molar-refractivity contribution in [1.82, 2.24) is 5.32 Å². The zero-order chi connectivity index (χ0) is 14.8. The van der Waals surface area contributed by atoms with Gasteiger partial charge in [-0.05, 0) is 30.9 Å². The summed E-state index contributed by atoms with van der Waals surface area (Å²) in [5.74, 6) is -0.150. The lowest BCUT2D eigenvalue weighted by molar-refractivity contribution is 0.0688. The molecule has 0 aliphatic rings. The van der Waals surface area contributed by atoms with Crippen LogP contribution in [-0.4, -0.2) is 45.6 Å². The van der Waals surface area contributed by atoms with Gasteiger partial charge >= 0.3 is 0 Å². The lowest BCUT2D eigenvalue weighted by atomic mass is 10.2. The van der Waals surface area contributed by atoms with Gasteiger partial charge in [0.2, 0.25) is 0 Å². The van der Waals surface area contributed by atoms with E-state index in [1.165, 1.54) is 0 Å². The van der Waals surface area contributed by atoms with Gasteiger partial charge < -0.3 is 14.8 Å². The molecule has 1 aromatic rings. The van der Waals surface area contributed by atoms with Crippen LogP contribution in [0.3, 0.4) is 0 Å². The summed E-state index contributed by atoms with van der Waals surface area (Å²) in [5.41, 5.74) is 0.513. The van der Waals surface area contributed by atoms with Gasteiger partial charge in [-0.2, -0.15) is 0 Å². The van der Waals surface area contributed by atoms with Gasteiger partial charge in [0, 0.05) is 25.2 Å². The molecular weight excluding hydrogens is 298 g/mol. The Morgan fingerprint density at radius 3 is 2.85 bits per heavy atom. The second-order valence-corrected chi connectivity index (χ2v) is 5.35. The number of hydrogen-bond donors (Lipinski definition) is 1. The fourth-order valence-corrected chi connectivity index (χ4v) is 2.16. The number of benzene rings is 1. The van der Waals surface area contributed by atoms with Crippen LogP contribution in [0.1, 0.15) is 16.8 Å². The monoisotopic (exact) mass is 317 g/mol. The summed E-state index contributed by atoms with van der Waals surface area (Å²) in [5, 5.41) is 3.31. The highest BCUT2D eigenvalue weighted by Gasteiger charge is 2.10. The second kappa shape index (κ2) is 10.0. The van der Waals surface area contributed by atoms with Gasteiger partial charge in [-0.1, -0.05) is 11.6 Å². The molecule has 0 saturated heterocycles. The van der Waals surface area contributed by atoms with Crippen LogP contribution in [0.25, 0.3) is 0 Å². The van der Waals surface area contributed by atoms with Gasteiger partial charge in [-0.25, -0.2) is 0 Å². The molecule has 0 radical (unpaired) electrons. The zero-order valence-corrected chi connectivity index (χ0v) is 13.4. The average molecular weight is 318 g/mol. The van der Waals surface area contributed by atoms with E-state index < -0.39 is 0 Å². The van der Waals surface area contributed by atoms with Crippen molar-refractivity contribution >= 4 is 29.3 Å². The van der Waals surface area contributed by atoms with Crippen molar-refractivity contribution in [3.8, 4) is 0 Å². The number of methoxy groups -OCH3 is 1. The molecule has 0 atom stereocenters. The van der Waals surface area contributed by atoms with Crippen LogP contribution in [0.4, 0.5) is 0 Å². The lowest BCUT2D eigenvalue weighted by Crippen LogP contribution is -2.25. The molecule has 1 rings (SSSR count). The molecule has 4 nitrogen and oxygen atoms in total. The van der Waals surface area contributed by atoms with Crippen molar-refractivity contribution in [2.45, 2.75) is 11.3 Å². The first kappa shape index (κ1) is 17.3. The number of hydrogen-bond acceptors (Lipinski definition) is 4. The number of rotatable bonds is 9. The van der Waals surface area contributed by atoms with Crippen LogP contribution < -0.4 is 5.32 Å². The number of halogens is 1. The fourth-order valence-electron chi connectivity index (χ4n) is 1.52. The number of thioether (sulfide) groups is 1. The van der Waals surface area contributed by atoms with Crippen LogP contribution in [-0.2, 0) is 9.47 Å². The van der Waals surface area contributed by atoms with Crippen molar-refractivity contribution in [3.63, 3.8) is 0 Å². The molecule has 0 unspecified atom stereocenters. The molecule has 20 heavy (non-hydrogen) atoms. The van der Waals surface area contributed by atoms with Crippen molar-refractivity contribution in [1.29, 1.82) is 0 Å². The molecule has 0 bridgehead atoms. The Bertz CT molecular complexity index is 429.